The molecule has 0 bridgehead atoms. The molecule has 0 saturated carbocycles. The number of hydrogen-bond acceptors (Lipinski definition) is 5. The van der Waals surface area contributed by atoms with Gasteiger partial charge in [0.15, 0.2) is 0 Å². The van der Waals surface area contributed by atoms with E-state index < -0.39 is 0 Å². The maximum Gasteiger partial charge on any atom is 0.320 e. The highest BCUT2D eigenvalue weighted by atomic mass is 16.5. The lowest BCUT2D eigenvalue weighted by molar-refractivity contribution is -0.147. The number of hydrogen-bond donors (Lipinski definition) is 1. The Morgan fingerprint density at radius 3 is 1.94 bits per heavy atom. The molecule has 3 saturated heterocycles. The summed E-state index contributed by atoms with van der Waals surface area (Å²) in [6.07, 6.45) is 15.8. The van der Waals surface area contributed by atoms with Gasteiger partial charge in [0.2, 0.25) is 0 Å². The van der Waals surface area contributed by atoms with Crippen LogP contribution in [0.4, 0.5) is 4.79 Å². The van der Waals surface area contributed by atoms with Gasteiger partial charge in [0.05, 0.1) is 6.61 Å². The molecule has 0 radical (unpaired) electrons. The van der Waals surface area contributed by atoms with Gasteiger partial charge in [-0.2, -0.15) is 0 Å². The number of amides is 3. The Hall–Kier alpha value is -1.38. The van der Waals surface area contributed by atoms with Crippen molar-refractivity contribution in [3.05, 3.63) is 0 Å². The molecule has 3 rings (SSSR count). The fourth-order valence-electron chi connectivity index (χ4n) is 5.57. The average Bonchev–Trinajstić information content (AvgIpc) is 3.27. The highest BCUT2D eigenvalue weighted by Gasteiger charge is 2.31. The highest BCUT2D eigenvalue weighted by molar-refractivity contribution is 5.81. The summed E-state index contributed by atoms with van der Waals surface area (Å²) in [6, 6.07) is 0.217. The molecule has 3 amide bonds. The van der Waals surface area contributed by atoms with Crippen molar-refractivity contribution in [1.82, 2.24) is 24.9 Å². The number of morpholine rings is 1. The van der Waals surface area contributed by atoms with Crippen LogP contribution in [0.3, 0.4) is 0 Å². The number of carbonyl (C=O) groups excluding carboxylic acids is 2. The molecule has 208 valence electrons. The first-order valence-corrected chi connectivity index (χ1v) is 15.1. The van der Waals surface area contributed by atoms with E-state index in [2.05, 4.69) is 17.1 Å². The minimum absolute atomic E-state index is 0.116. The van der Waals surface area contributed by atoms with Gasteiger partial charge in [-0.1, -0.05) is 77.6 Å². The average molecular weight is 508 g/mol. The van der Waals surface area contributed by atoms with Crippen molar-refractivity contribution >= 4 is 11.9 Å². The maximum absolute atomic E-state index is 12.8. The van der Waals surface area contributed by atoms with Crippen molar-refractivity contribution in [2.45, 2.75) is 90.1 Å². The second-order valence-corrected chi connectivity index (χ2v) is 10.9. The molecule has 0 aromatic carbocycles. The fraction of sp³-hybridized carbons (Fsp3) is 0.929. The Morgan fingerprint density at radius 2 is 1.36 bits per heavy atom. The van der Waals surface area contributed by atoms with Crippen LogP contribution >= 0.6 is 0 Å². The van der Waals surface area contributed by atoms with Crippen molar-refractivity contribution < 1.29 is 14.3 Å². The summed E-state index contributed by atoms with van der Waals surface area (Å²) in [7, 11) is 0. The second kappa shape index (κ2) is 17.2. The van der Waals surface area contributed by atoms with Crippen LogP contribution in [0.5, 0.6) is 0 Å². The normalized spacial score (nSPS) is 21.5. The molecule has 0 aliphatic carbocycles. The molecule has 1 N–H and O–H groups in total. The van der Waals surface area contributed by atoms with Gasteiger partial charge in [0.25, 0.3) is 5.91 Å². The van der Waals surface area contributed by atoms with Crippen LogP contribution in [-0.4, -0.2) is 116 Å². The fourth-order valence-corrected chi connectivity index (χ4v) is 5.57. The predicted molar refractivity (Wildman–Crippen MR) is 145 cm³/mol. The van der Waals surface area contributed by atoms with Crippen molar-refractivity contribution in [1.29, 1.82) is 0 Å². The molecule has 3 aliphatic rings. The first-order chi connectivity index (χ1) is 17.7. The molecule has 0 spiro atoms. The first kappa shape index (κ1) is 29.2. The van der Waals surface area contributed by atoms with E-state index in [0.717, 1.165) is 71.9 Å². The lowest BCUT2D eigenvalue weighted by atomic mass is 10.1. The minimum Gasteiger partial charge on any atom is -0.366 e. The van der Waals surface area contributed by atoms with Crippen molar-refractivity contribution in [3.8, 4) is 0 Å². The highest BCUT2D eigenvalue weighted by Crippen LogP contribution is 2.14. The van der Waals surface area contributed by atoms with Gasteiger partial charge in [0.1, 0.15) is 6.10 Å². The largest absolute Gasteiger partial charge is 0.366 e. The van der Waals surface area contributed by atoms with Gasteiger partial charge in [0, 0.05) is 72.0 Å². The number of nitrogens with one attached hydrogen (secondary N) is 1. The monoisotopic (exact) mass is 507 g/mol. The van der Waals surface area contributed by atoms with E-state index in [1.54, 1.807) is 0 Å². The summed E-state index contributed by atoms with van der Waals surface area (Å²) in [5.41, 5.74) is 0. The van der Waals surface area contributed by atoms with Crippen molar-refractivity contribution in [2.24, 2.45) is 0 Å². The zero-order valence-corrected chi connectivity index (χ0v) is 23.1. The summed E-state index contributed by atoms with van der Waals surface area (Å²) >= 11 is 0. The van der Waals surface area contributed by atoms with Gasteiger partial charge in [-0.25, -0.2) is 4.79 Å². The third-order valence-electron chi connectivity index (χ3n) is 8.04. The Bertz CT molecular complexity index is 620. The quantitative estimate of drug-likeness (QED) is 0.305. The summed E-state index contributed by atoms with van der Waals surface area (Å²) in [5, 5.41) is 3.23. The molecular weight excluding hydrogens is 454 g/mol. The zero-order chi connectivity index (χ0) is 25.4. The third kappa shape index (κ3) is 10.2. The summed E-state index contributed by atoms with van der Waals surface area (Å²) in [5.74, 6) is 0.116. The lowest BCUT2D eigenvalue weighted by Gasteiger charge is -2.37. The van der Waals surface area contributed by atoms with E-state index >= 15 is 0 Å². The van der Waals surface area contributed by atoms with Gasteiger partial charge < -0.3 is 24.8 Å². The van der Waals surface area contributed by atoms with Gasteiger partial charge >= 0.3 is 6.03 Å². The van der Waals surface area contributed by atoms with Gasteiger partial charge in [-0.15, -0.1) is 0 Å². The summed E-state index contributed by atoms with van der Waals surface area (Å²) in [6.45, 7) is 11.9. The van der Waals surface area contributed by atoms with E-state index in [9.17, 15) is 9.59 Å². The number of nitrogens with zero attached hydrogens (tertiary/aromatic N) is 4. The number of urea groups is 1. The Kier molecular flexibility index (Phi) is 13.9. The first-order valence-electron chi connectivity index (χ1n) is 15.1. The van der Waals surface area contributed by atoms with E-state index in [4.69, 9.17) is 4.74 Å². The van der Waals surface area contributed by atoms with Crippen LogP contribution in [0, 0.1) is 0 Å². The van der Waals surface area contributed by atoms with Crippen molar-refractivity contribution in [2.75, 3.05) is 78.6 Å². The van der Waals surface area contributed by atoms with Crippen LogP contribution < -0.4 is 5.32 Å². The summed E-state index contributed by atoms with van der Waals surface area (Å²) in [4.78, 5) is 33.8. The van der Waals surface area contributed by atoms with E-state index in [0.29, 0.717) is 13.2 Å². The molecule has 1 atom stereocenters. The van der Waals surface area contributed by atoms with E-state index in [1.807, 2.05) is 14.7 Å². The Morgan fingerprint density at radius 1 is 0.778 bits per heavy atom. The van der Waals surface area contributed by atoms with Crippen LogP contribution in [0.15, 0.2) is 0 Å². The van der Waals surface area contributed by atoms with Crippen LogP contribution in [0.2, 0.25) is 0 Å². The number of piperazine rings is 1. The zero-order valence-electron chi connectivity index (χ0n) is 23.1. The van der Waals surface area contributed by atoms with Crippen molar-refractivity contribution in [3.63, 3.8) is 0 Å². The third-order valence-corrected chi connectivity index (χ3v) is 8.04. The van der Waals surface area contributed by atoms with Gasteiger partial charge in [-0.05, 0) is 6.42 Å². The van der Waals surface area contributed by atoms with E-state index in [1.165, 1.54) is 70.6 Å². The SMILES string of the molecule is CCCCCCCCCCCCCCN1CCN(CCN2CCN(C(=O)C3CNCCO3)CC2)C1=O. The standard InChI is InChI=1S/C28H53N5O3/c1-2-3-4-5-6-7-8-9-10-11-12-13-15-32-22-23-33(28(32)35)21-18-30-16-19-31(20-17-30)27(34)26-25-29-14-24-36-26/h26,29H,2-25H2,1H3. The molecule has 8 heteroatoms. The Labute approximate surface area is 220 Å². The van der Waals surface area contributed by atoms with Crippen LogP contribution in [0.1, 0.15) is 84.0 Å². The number of unbranched alkanes of at least 4 members (excludes halogenated alkanes) is 11. The number of ether oxygens (including phenoxy) is 1. The topological polar surface area (TPSA) is 68.4 Å². The molecule has 0 aromatic heterocycles. The number of rotatable bonds is 17. The van der Waals surface area contributed by atoms with Crippen LogP contribution in [-0.2, 0) is 9.53 Å². The molecule has 3 fully saturated rings. The van der Waals surface area contributed by atoms with Gasteiger partial charge in [-0.3, -0.25) is 9.69 Å². The molecule has 3 aliphatic heterocycles. The van der Waals surface area contributed by atoms with Crippen LogP contribution in [0.25, 0.3) is 0 Å². The molecule has 0 aromatic rings. The smallest absolute Gasteiger partial charge is 0.320 e. The van der Waals surface area contributed by atoms with E-state index in [-0.39, 0.29) is 18.0 Å². The lowest BCUT2D eigenvalue weighted by Crippen LogP contribution is -2.55. The number of carbonyl (C=O) groups is 2. The minimum atomic E-state index is -0.330. The molecule has 3 heterocycles. The summed E-state index contributed by atoms with van der Waals surface area (Å²) < 4.78 is 5.62. The molecule has 8 nitrogen and oxygen atoms in total. The maximum atomic E-state index is 12.8. The molecular formula is C28H53N5O3. The predicted octanol–water partition coefficient (Wildman–Crippen LogP) is 3.56. The Balaban J connectivity index is 1.17. The molecule has 36 heavy (non-hydrogen) atoms. The second-order valence-electron chi connectivity index (χ2n) is 10.9. The molecule has 1 unspecified atom stereocenters.